The Labute approximate surface area is 202 Å². The van der Waals surface area contributed by atoms with E-state index in [-0.39, 0.29) is 22.2 Å². The number of rotatable bonds is 6. The summed E-state index contributed by atoms with van der Waals surface area (Å²) < 4.78 is 29.8. The number of halogens is 3. The lowest BCUT2D eigenvalue weighted by atomic mass is 10.2. The first-order chi connectivity index (χ1) is 16.5. The summed E-state index contributed by atoms with van der Waals surface area (Å²) in [5, 5.41) is 8.91. The molecule has 0 fully saturated rings. The molecule has 34 heavy (non-hydrogen) atoms. The van der Waals surface area contributed by atoms with Crippen molar-refractivity contribution in [3.63, 3.8) is 0 Å². The van der Waals surface area contributed by atoms with Crippen LogP contribution in [-0.2, 0) is 4.79 Å². The molecule has 2 amide bonds. The Morgan fingerprint density at radius 2 is 1.56 bits per heavy atom. The van der Waals surface area contributed by atoms with Gasteiger partial charge in [0.1, 0.15) is 11.6 Å². The molecular formula is C23H16ClF2N5O2S. The Morgan fingerprint density at radius 1 is 0.882 bits per heavy atom. The van der Waals surface area contributed by atoms with Crippen molar-refractivity contribution < 1.29 is 18.4 Å². The van der Waals surface area contributed by atoms with E-state index in [9.17, 15) is 18.4 Å². The lowest BCUT2D eigenvalue weighted by Gasteiger charge is -2.12. The highest BCUT2D eigenvalue weighted by Crippen LogP contribution is 2.32. The first-order valence-corrected chi connectivity index (χ1v) is 11.2. The van der Waals surface area contributed by atoms with Crippen molar-refractivity contribution in [1.82, 2.24) is 25.6 Å². The summed E-state index contributed by atoms with van der Waals surface area (Å²) in [5.41, 5.74) is 4.88. The molecule has 0 aliphatic rings. The number of hydrogen-bond acceptors (Lipinski definition) is 5. The summed E-state index contributed by atoms with van der Waals surface area (Å²) in [7, 11) is 0. The van der Waals surface area contributed by atoms with Crippen LogP contribution in [0.5, 0.6) is 0 Å². The van der Waals surface area contributed by atoms with Crippen molar-refractivity contribution in [3.05, 3.63) is 95.0 Å². The number of nitrogens with zero attached hydrogens (tertiary/aromatic N) is 3. The van der Waals surface area contributed by atoms with Gasteiger partial charge in [-0.3, -0.25) is 25.0 Å². The molecule has 11 heteroatoms. The van der Waals surface area contributed by atoms with Crippen molar-refractivity contribution in [2.75, 3.05) is 5.75 Å². The number of nitrogens with one attached hydrogen (secondary N) is 2. The Kier molecular flexibility index (Phi) is 7.19. The maximum atomic E-state index is 14.7. The highest BCUT2D eigenvalue weighted by molar-refractivity contribution is 7.99. The fourth-order valence-electron chi connectivity index (χ4n) is 3.04. The quantitative estimate of drug-likeness (QED) is 0.303. The molecule has 3 aromatic carbocycles. The molecule has 0 radical (unpaired) electrons. The van der Waals surface area contributed by atoms with Crippen LogP contribution >= 0.6 is 23.4 Å². The van der Waals surface area contributed by atoms with Gasteiger partial charge < -0.3 is 0 Å². The third-order valence-electron chi connectivity index (χ3n) is 4.61. The molecular weight excluding hydrogens is 484 g/mol. The van der Waals surface area contributed by atoms with E-state index in [0.717, 1.165) is 17.8 Å². The van der Waals surface area contributed by atoms with Crippen LogP contribution in [0.4, 0.5) is 8.78 Å². The summed E-state index contributed by atoms with van der Waals surface area (Å²) in [6.45, 7) is 0. The Balaban J connectivity index is 1.53. The second kappa shape index (κ2) is 10.4. The van der Waals surface area contributed by atoms with Crippen molar-refractivity contribution in [1.29, 1.82) is 0 Å². The van der Waals surface area contributed by atoms with Crippen molar-refractivity contribution in [2.45, 2.75) is 5.16 Å². The van der Waals surface area contributed by atoms with E-state index in [4.69, 9.17) is 11.6 Å². The maximum absolute atomic E-state index is 14.7. The molecule has 1 heterocycles. The fourth-order valence-corrected chi connectivity index (χ4v) is 4.00. The number of carbonyl (C=O) groups excluding carboxylic acids is 2. The van der Waals surface area contributed by atoms with E-state index in [1.807, 2.05) is 0 Å². The average Bonchev–Trinajstić information content (AvgIpc) is 3.25. The first-order valence-electron chi connectivity index (χ1n) is 9.87. The number of amides is 2. The molecule has 4 aromatic rings. The van der Waals surface area contributed by atoms with Gasteiger partial charge in [-0.25, -0.2) is 8.78 Å². The topological polar surface area (TPSA) is 88.9 Å². The lowest BCUT2D eigenvalue weighted by molar-refractivity contribution is -0.119. The monoisotopic (exact) mass is 499 g/mol. The summed E-state index contributed by atoms with van der Waals surface area (Å²) in [6, 6.07) is 18.4. The second-order valence-electron chi connectivity index (χ2n) is 6.84. The highest BCUT2D eigenvalue weighted by atomic mass is 35.5. The Morgan fingerprint density at radius 3 is 2.29 bits per heavy atom. The number of hydrogen-bond donors (Lipinski definition) is 2. The SMILES string of the molecule is O=C(CSc1nnc(-c2ccccc2Cl)n1-c1ccccc1F)NNC(=O)c1ccccc1F. The van der Waals surface area contributed by atoms with Gasteiger partial charge in [0, 0.05) is 5.56 Å². The molecule has 0 saturated heterocycles. The van der Waals surface area contributed by atoms with Crippen LogP contribution < -0.4 is 10.9 Å². The van der Waals surface area contributed by atoms with Crippen LogP contribution in [0, 0.1) is 11.6 Å². The largest absolute Gasteiger partial charge is 0.272 e. The zero-order valence-corrected chi connectivity index (χ0v) is 18.9. The van der Waals surface area contributed by atoms with Gasteiger partial charge in [0.25, 0.3) is 5.91 Å². The highest BCUT2D eigenvalue weighted by Gasteiger charge is 2.21. The molecule has 2 N–H and O–H groups in total. The average molecular weight is 500 g/mol. The standard InChI is InChI=1S/C23H16ClF2N5O2S/c24-16-9-3-1-7-14(16)21-28-30-23(31(21)19-12-6-5-11-18(19)26)34-13-20(32)27-29-22(33)15-8-2-4-10-17(15)25/h1-12H,13H2,(H,27,32)(H,29,33). The van der Waals surface area contributed by atoms with Gasteiger partial charge in [-0.05, 0) is 36.4 Å². The maximum Gasteiger partial charge on any atom is 0.272 e. The normalized spacial score (nSPS) is 10.7. The molecule has 0 bridgehead atoms. The van der Waals surface area contributed by atoms with Gasteiger partial charge in [0.05, 0.1) is 22.0 Å². The van der Waals surface area contributed by atoms with Gasteiger partial charge in [-0.2, -0.15) is 0 Å². The first kappa shape index (κ1) is 23.4. The number of thioether (sulfide) groups is 1. The molecule has 0 unspecified atom stereocenters. The Bertz CT molecular complexity index is 1360. The molecule has 0 aliphatic heterocycles. The van der Waals surface area contributed by atoms with Crippen molar-refractivity contribution in [2.24, 2.45) is 0 Å². The molecule has 0 saturated carbocycles. The number of carbonyl (C=O) groups is 2. The molecule has 7 nitrogen and oxygen atoms in total. The van der Waals surface area contributed by atoms with E-state index in [2.05, 4.69) is 21.0 Å². The predicted octanol–water partition coefficient (Wildman–Crippen LogP) is 4.42. The molecule has 0 spiro atoms. The molecule has 172 valence electrons. The van der Waals surface area contributed by atoms with Gasteiger partial charge in [-0.1, -0.05) is 59.8 Å². The summed E-state index contributed by atoms with van der Waals surface area (Å²) in [5.74, 6) is -2.50. The summed E-state index contributed by atoms with van der Waals surface area (Å²) in [4.78, 5) is 24.3. The van der Waals surface area contributed by atoms with Gasteiger partial charge in [0.15, 0.2) is 11.0 Å². The Hall–Kier alpha value is -3.76. The third-order valence-corrected chi connectivity index (χ3v) is 5.87. The summed E-state index contributed by atoms with van der Waals surface area (Å²) >= 11 is 7.29. The lowest BCUT2D eigenvalue weighted by Crippen LogP contribution is -2.42. The predicted molar refractivity (Wildman–Crippen MR) is 124 cm³/mol. The molecule has 0 atom stereocenters. The van der Waals surface area contributed by atoms with E-state index < -0.39 is 23.4 Å². The van der Waals surface area contributed by atoms with Crippen LogP contribution in [-0.4, -0.2) is 32.3 Å². The van der Waals surface area contributed by atoms with Crippen LogP contribution in [0.2, 0.25) is 5.02 Å². The van der Waals surface area contributed by atoms with Crippen molar-refractivity contribution in [3.8, 4) is 17.1 Å². The number of para-hydroxylation sites is 1. The minimum Gasteiger partial charge on any atom is -0.272 e. The van der Waals surface area contributed by atoms with Crippen molar-refractivity contribution >= 4 is 35.2 Å². The second-order valence-corrected chi connectivity index (χ2v) is 8.19. The van der Waals surface area contributed by atoms with Gasteiger partial charge >= 0.3 is 0 Å². The number of benzene rings is 3. The number of aromatic nitrogens is 3. The van der Waals surface area contributed by atoms with Gasteiger partial charge in [-0.15, -0.1) is 10.2 Å². The zero-order chi connectivity index (χ0) is 24.1. The van der Waals surface area contributed by atoms with Crippen LogP contribution in [0.15, 0.2) is 78.0 Å². The van der Waals surface area contributed by atoms with E-state index in [0.29, 0.717) is 16.4 Å². The zero-order valence-electron chi connectivity index (χ0n) is 17.3. The third kappa shape index (κ3) is 5.08. The molecule has 0 aliphatic carbocycles. The number of hydrazine groups is 1. The smallest absolute Gasteiger partial charge is 0.272 e. The molecule has 1 aromatic heterocycles. The van der Waals surface area contributed by atoms with E-state index in [1.165, 1.54) is 28.8 Å². The summed E-state index contributed by atoms with van der Waals surface area (Å²) in [6.07, 6.45) is 0. The van der Waals surface area contributed by atoms with E-state index in [1.54, 1.807) is 42.5 Å². The minimum absolute atomic E-state index is 0.179. The van der Waals surface area contributed by atoms with E-state index >= 15 is 0 Å². The van der Waals surface area contributed by atoms with Crippen LogP contribution in [0.1, 0.15) is 10.4 Å². The van der Waals surface area contributed by atoms with Gasteiger partial charge in [0.2, 0.25) is 5.91 Å². The minimum atomic E-state index is -0.799. The van der Waals surface area contributed by atoms with Crippen LogP contribution in [0.25, 0.3) is 17.1 Å². The fraction of sp³-hybridized carbons (Fsp3) is 0.0435. The van der Waals surface area contributed by atoms with Crippen LogP contribution in [0.3, 0.4) is 0 Å². The molecule has 4 rings (SSSR count).